The lowest BCUT2D eigenvalue weighted by atomic mass is 10.4. The maximum Gasteiger partial charge on any atom is 0.345 e. The minimum Gasteiger partial charge on any atom is -0.477 e. The van der Waals surface area contributed by atoms with Crippen molar-refractivity contribution in [2.45, 2.75) is 6.92 Å². The third-order valence-corrected chi connectivity index (χ3v) is 0.682. The van der Waals surface area contributed by atoms with Gasteiger partial charge in [0.15, 0.2) is 0 Å². The van der Waals surface area contributed by atoms with E-state index in [4.69, 9.17) is 10.4 Å². The van der Waals surface area contributed by atoms with Crippen LogP contribution in [0.5, 0.6) is 0 Å². The van der Waals surface area contributed by atoms with Gasteiger partial charge >= 0.3 is 5.97 Å². The van der Waals surface area contributed by atoms with Crippen molar-refractivity contribution < 1.29 is 14.6 Å². The first-order valence-electron chi connectivity index (χ1n) is 2.91. The van der Waals surface area contributed by atoms with Gasteiger partial charge in [-0.3, -0.25) is 0 Å². The topological polar surface area (TPSA) is 70.3 Å². The van der Waals surface area contributed by atoms with Crippen molar-refractivity contribution in [1.29, 1.82) is 5.26 Å². The summed E-state index contributed by atoms with van der Waals surface area (Å²) in [6.07, 6.45) is 0. The molecule has 4 heteroatoms. The summed E-state index contributed by atoms with van der Waals surface area (Å²) >= 11 is 0. The van der Waals surface area contributed by atoms with E-state index < -0.39 is 11.5 Å². The maximum absolute atomic E-state index is 9.61. The van der Waals surface area contributed by atoms with Gasteiger partial charge in [0.2, 0.25) is 0 Å². The molecule has 0 atom stereocenters. The van der Waals surface area contributed by atoms with E-state index in [1.807, 2.05) is 6.92 Å². The summed E-state index contributed by atoms with van der Waals surface area (Å²) in [5.74, 6) is -1.26. The number of hydrogen-bond acceptors (Lipinski definition) is 3. The number of aliphatic carboxylic acids is 1. The summed E-state index contributed by atoms with van der Waals surface area (Å²) in [4.78, 5) is 9.61. The molecule has 0 bridgehead atoms. The molecule has 0 spiro atoms. The van der Waals surface area contributed by atoms with Crippen LogP contribution in [0.2, 0.25) is 0 Å². The van der Waals surface area contributed by atoms with E-state index in [2.05, 4.69) is 11.3 Å². The Morgan fingerprint density at radius 3 is 2.18 bits per heavy atom. The average Bonchev–Trinajstić information content (AvgIpc) is 2.03. The SMILES string of the molecule is C=C(C#N)C(=O)O.CCOC. The summed E-state index contributed by atoms with van der Waals surface area (Å²) in [6.45, 7) is 5.69. The first-order valence-corrected chi connectivity index (χ1v) is 2.91. The Kier molecular flexibility index (Phi) is 9.72. The van der Waals surface area contributed by atoms with Gasteiger partial charge in [-0.05, 0) is 6.92 Å². The number of ether oxygens (including phenoxy) is 1. The third kappa shape index (κ3) is 12.0. The number of carboxylic acids is 1. The molecule has 0 aromatic heterocycles. The molecule has 0 aliphatic rings. The van der Waals surface area contributed by atoms with Crippen LogP contribution in [0.4, 0.5) is 0 Å². The van der Waals surface area contributed by atoms with Gasteiger partial charge in [-0.25, -0.2) is 4.79 Å². The van der Waals surface area contributed by atoms with Gasteiger partial charge in [0, 0.05) is 13.7 Å². The molecule has 0 radical (unpaired) electrons. The van der Waals surface area contributed by atoms with Gasteiger partial charge in [-0.2, -0.15) is 5.26 Å². The summed E-state index contributed by atoms with van der Waals surface area (Å²) in [5.41, 5.74) is -0.431. The predicted octanol–water partition coefficient (Wildman–Crippen LogP) is 0.803. The summed E-state index contributed by atoms with van der Waals surface area (Å²) in [5, 5.41) is 15.6. The Morgan fingerprint density at radius 1 is 1.82 bits per heavy atom. The zero-order chi connectivity index (χ0) is 9.28. The molecule has 0 aliphatic carbocycles. The van der Waals surface area contributed by atoms with E-state index in [0.29, 0.717) is 0 Å². The number of rotatable bonds is 2. The van der Waals surface area contributed by atoms with Crippen LogP contribution in [-0.4, -0.2) is 24.8 Å². The molecule has 0 saturated heterocycles. The maximum atomic E-state index is 9.61. The molecule has 0 rings (SSSR count). The third-order valence-electron chi connectivity index (χ3n) is 0.682. The van der Waals surface area contributed by atoms with Crippen LogP contribution in [0, 0.1) is 11.3 Å². The molecule has 0 heterocycles. The van der Waals surface area contributed by atoms with Gasteiger partial charge in [-0.15, -0.1) is 0 Å². The van der Waals surface area contributed by atoms with Crippen LogP contribution >= 0.6 is 0 Å². The molecule has 1 N–H and O–H groups in total. The van der Waals surface area contributed by atoms with Crippen LogP contribution in [0.15, 0.2) is 12.2 Å². The second kappa shape index (κ2) is 8.66. The van der Waals surface area contributed by atoms with Crippen LogP contribution in [0.3, 0.4) is 0 Å². The lowest BCUT2D eigenvalue weighted by molar-refractivity contribution is -0.132. The lowest BCUT2D eigenvalue weighted by Crippen LogP contribution is -1.94. The second-order valence-electron chi connectivity index (χ2n) is 1.47. The molecule has 0 aromatic rings. The Morgan fingerprint density at radius 2 is 2.18 bits per heavy atom. The van der Waals surface area contributed by atoms with Crippen LogP contribution < -0.4 is 0 Å². The molecular weight excluding hydrogens is 146 g/mol. The Balaban J connectivity index is 0. The molecule has 0 unspecified atom stereocenters. The van der Waals surface area contributed by atoms with Gasteiger partial charge in [0.25, 0.3) is 0 Å². The molecule has 0 aliphatic heterocycles. The van der Waals surface area contributed by atoms with Gasteiger partial charge in [-0.1, -0.05) is 6.58 Å². The largest absolute Gasteiger partial charge is 0.477 e. The monoisotopic (exact) mass is 157 g/mol. The van der Waals surface area contributed by atoms with Crippen molar-refractivity contribution in [2.75, 3.05) is 13.7 Å². The van der Waals surface area contributed by atoms with E-state index in [1.165, 1.54) is 6.07 Å². The van der Waals surface area contributed by atoms with Gasteiger partial charge in [0.1, 0.15) is 11.6 Å². The molecule has 0 fully saturated rings. The van der Waals surface area contributed by atoms with Crippen molar-refractivity contribution in [3.63, 3.8) is 0 Å². The molecule has 0 aromatic carbocycles. The minimum atomic E-state index is -1.26. The Bertz CT molecular complexity index is 167. The summed E-state index contributed by atoms with van der Waals surface area (Å²) in [6, 6.07) is 1.37. The highest BCUT2D eigenvalue weighted by molar-refractivity contribution is 5.90. The van der Waals surface area contributed by atoms with Gasteiger partial charge < -0.3 is 9.84 Å². The molecule has 0 saturated carbocycles. The first-order chi connectivity index (χ1) is 5.09. The highest BCUT2D eigenvalue weighted by atomic mass is 16.5. The smallest absolute Gasteiger partial charge is 0.345 e. The quantitative estimate of drug-likeness (QED) is 0.475. The van der Waals surface area contributed by atoms with Crippen molar-refractivity contribution in [1.82, 2.24) is 0 Å². The zero-order valence-electron chi connectivity index (χ0n) is 6.63. The van der Waals surface area contributed by atoms with Crippen molar-refractivity contribution >= 4 is 5.97 Å². The van der Waals surface area contributed by atoms with Crippen LogP contribution in [0.1, 0.15) is 6.92 Å². The second-order valence-corrected chi connectivity index (χ2v) is 1.47. The van der Waals surface area contributed by atoms with E-state index in [-0.39, 0.29) is 0 Å². The number of methoxy groups -OCH3 is 1. The summed E-state index contributed by atoms with van der Waals surface area (Å²) < 4.78 is 4.54. The van der Waals surface area contributed by atoms with E-state index >= 15 is 0 Å². The van der Waals surface area contributed by atoms with E-state index in [9.17, 15) is 4.79 Å². The number of hydrogen-bond donors (Lipinski definition) is 1. The molecular formula is C7H11NO3. The highest BCUT2D eigenvalue weighted by Gasteiger charge is 1.97. The summed E-state index contributed by atoms with van der Waals surface area (Å²) in [7, 11) is 1.68. The van der Waals surface area contributed by atoms with Gasteiger partial charge in [0.05, 0.1) is 0 Å². The fourth-order valence-electron chi connectivity index (χ4n) is 0.0478. The fraction of sp³-hybridized carbons (Fsp3) is 0.429. The average molecular weight is 157 g/mol. The standard InChI is InChI=1S/C4H3NO2.C3H8O/c1-3(2-5)4(6)7;1-3-4-2/h1H2,(H,6,7);3H2,1-2H3. The van der Waals surface area contributed by atoms with E-state index in [1.54, 1.807) is 7.11 Å². The number of carbonyl (C=O) groups is 1. The predicted molar refractivity (Wildman–Crippen MR) is 39.9 cm³/mol. The number of carboxylic acid groups (broad SMARTS) is 1. The molecule has 62 valence electrons. The van der Waals surface area contributed by atoms with Crippen molar-refractivity contribution in [3.05, 3.63) is 12.2 Å². The fourth-order valence-corrected chi connectivity index (χ4v) is 0.0478. The first kappa shape index (κ1) is 12.3. The van der Waals surface area contributed by atoms with Crippen LogP contribution in [-0.2, 0) is 9.53 Å². The minimum absolute atomic E-state index is 0.431. The normalized spacial score (nSPS) is 7.00. The lowest BCUT2D eigenvalue weighted by Gasteiger charge is -1.76. The highest BCUT2D eigenvalue weighted by Crippen LogP contribution is 1.81. The molecule has 11 heavy (non-hydrogen) atoms. The zero-order valence-corrected chi connectivity index (χ0v) is 6.63. The Hall–Kier alpha value is -1.34. The van der Waals surface area contributed by atoms with E-state index in [0.717, 1.165) is 6.61 Å². The van der Waals surface area contributed by atoms with Crippen LogP contribution in [0.25, 0.3) is 0 Å². The number of nitriles is 1. The molecule has 0 amide bonds. The number of nitrogens with zero attached hydrogens (tertiary/aromatic N) is 1. The Labute approximate surface area is 65.7 Å². The molecule has 4 nitrogen and oxygen atoms in total. The van der Waals surface area contributed by atoms with Crippen molar-refractivity contribution in [2.24, 2.45) is 0 Å². The van der Waals surface area contributed by atoms with Crippen molar-refractivity contribution in [3.8, 4) is 6.07 Å².